The molecule has 3 atom stereocenters. The number of hydrogen-bond acceptors (Lipinski definition) is 9. The average molecular weight is 708 g/mol. The van der Waals surface area contributed by atoms with E-state index in [-0.39, 0.29) is 28.4 Å². The van der Waals surface area contributed by atoms with Gasteiger partial charge in [-0.2, -0.15) is 5.10 Å². The molecule has 1 aromatic carbocycles. The number of benzene rings is 1. The Morgan fingerprint density at radius 3 is 2.40 bits per heavy atom. The van der Waals surface area contributed by atoms with Gasteiger partial charge in [0.2, 0.25) is 11.8 Å². The van der Waals surface area contributed by atoms with Gasteiger partial charge in [-0.15, -0.1) is 5.10 Å². The lowest BCUT2D eigenvalue weighted by molar-refractivity contribution is -0.135. The van der Waals surface area contributed by atoms with Crippen LogP contribution in [0.3, 0.4) is 0 Å². The maximum absolute atomic E-state index is 15.8. The topological polar surface area (TPSA) is 155 Å². The number of halogens is 1. The van der Waals surface area contributed by atoms with Crippen LogP contribution in [0.25, 0.3) is 0 Å². The Labute approximate surface area is 295 Å². The molecule has 0 bridgehead atoms. The molecule has 13 nitrogen and oxygen atoms in total. The number of aliphatic imine (C=N–C) groups is 1. The van der Waals surface area contributed by atoms with E-state index in [1.807, 2.05) is 20.9 Å². The van der Waals surface area contributed by atoms with Gasteiger partial charge >= 0.3 is 0 Å². The van der Waals surface area contributed by atoms with Crippen LogP contribution in [-0.2, 0) is 9.59 Å². The predicted molar refractivity (Wildman–Crippen MR) is 189 cm³/mol. The summed E-state index contributed by atoms with van der Waals surface area (Å²) in [5.41, 5.74) is 0.773. The fraction of sp³-hybridized carbons (Fsp3) is 0.543. The summed E-state index contributed by atoms with van der Waals surface area (Å²) in [7, 11) is 1.98. The number of nitrogens with zero attached hydrogens (tertiary/aromatic N) is 7. The Morgan fingerprint density at radius 1 is 1.04 bits per heavy atom. The Hall–Kier alpha value is -4.37. The molecule has 0 radical (unpaired) electrons. The molecule has 2 fully saturated rings. The molecule has 1 aliphatic heterocycles. The minimum Gasteiger partial charge on any atom is -0.339 e. The Bertz CT molecular complexity index is 1680. The zero-order chi connectivity index (χ0) is 35.9. The van der Waals surface area contributed by atoms with Gasteiger partial charge in [0, 0.05) is 50.6 Å². The second-order valence-electron chi connectivity index (χ2n) is 13.8. The molecule has 2 aromatic heterocycles. The summed E-state index contributed by atoms with van der Waals surface area (Å²) in [6.07, 6.45) is 7.74. The molecule has 3 aromatic rings. The van der Waals surface area contributed by atoms with Crippen LogP contribution in [0.1, 0.15) is 91.1 Å². The van der Waals surface area contributed by atoms with Gasteiger partial charge < -0.3 is 20.4 Å². The Morgan fingerprint density at radius 2 is 1.76 bits per heavy atom. The van der Waals surface area contributed by atoms with Crippen molar-refractivity contribution < 1.29 is 23.6 Å². The van der Waals surface area contributed by atoms with Crippen molar-refractivity contribution in [1.29, 1.82) is 0 Å². The third-order valence-electron chi connectivity index (χ3n) is 9.83. The van der Waals surface area contributed by atoms with E-state index in [0.717, 1.165) is 37.2 Å². The standard InChI is InChI=1S/C35H46FN9O4S/c1-21(2)45-29(12-13-39-45)33(47)37-19-26(24-8-6-22(3)7-9-24)32(46)40-28-11-10-25(18-27(28)36)23(4)31(41-34(48)30-20-38-42-50-30)35(49)44-16-14-43(5)15-17-44/h10-13,18-24,26,31H,6-9,14-17H2,1-5H3,(H,40,46)(H,41,48)/t22?,23-,24?,26?,31+/m0/s1. The number of carbonyl (C=O) groups excluding carboxylic acids is 4. The zero-order valence-electron chi connectivity index (χ0n) is 29.2. The van der Waals surface area contributed by atoms with Crippen LogP contribution in [0, 0.1) is 23.6 Å². The van der Waals surface area contributed by atoms with E-state index in [1.165, 1.54) is 24.5 Å². The van der Waals surface area contributed by atoms with Crippen molar-refractivity contribution in [2.45, 2.75) is 71.4 Å². The normalized spacial score (nSPS) is 20.4. The molecular weight excluding hydrogens is 662 g/mol. The lowest BCUT2D eigenvalue weighted by atomic mass is 9.76. The number of anilines is 1. The van der Waals surface area contributed by atoms with Gasteiger partial charge in [-0.3, -0.25) is 23.9 Å². The van der Waals surface area contributed by atoms with Crippen molar-refractivity contribution in [3.63, 3.8) is 0 Å². The number of amides is 4. The Kier molecular flexibility index (Phi) is 12.2. The first-order chi connectivity index (χ1) is 23.9. The third-order valence-corrected chi connectivity index (χ3v) is 10.5. The molecule has 1 unspecified atom stereocenters. The van der Waals surface area contributed by atoms with E-state index in [9.17, 15) is 19.2 Å². The van der Waals surface area contributed by atoms with Crippen molar-refractivity contribution in [2.24, 2.45) is 22.7 Å². The SMILES string of the molecule is CC1CCC(C(C=NC(=O)c2ccnn2C(C)C)C(=O)Nc2ccc([C@H](C)[C@@H](NC(=O)c3cnns3)C(=O)N3CCN(C)CC3)cc2F)CC1. The summed E-state index contributed by atoms with van der Waals surface area (Å²) in [4.78, 5) is 61.9. The van der Waals surface area contributed by atoms with Gasteiger partial charge in [0.05, 0.1) is 17.8 Å². The lowest BCUT2D eigenvalue weighted by Crippen LogP contribution is -2.55. The molecule has 1 aliphatic carbocycles. The second-order valence-corrected chi connectivity index (χ2v) is 14.5. The lowest BCUT2D eigenvalue weighted by Gasteiger charge is -2.36. The van der Waals surface area contributed by atoms with Crippen LogP contribution in [0.2, 0.25) is 0 Å². The van der Waals surface area contributed by atoms with Crippen LogP contribution in [0.4, 0.5) is 10.1 Å². The largest absolute Gasteiger partial charge is 0.339 e. The molecule has 268 valence electrons. The van der Waals surface area contributed by atoms with E-state index in [1.54, 1.807) is 34.8 Å². The van der Waals surface area contributed by atoms with Crippen LogP contribution in [0.5, 0.6) is 0 Å². The summed E-state index contributed by atoms with van der Waals surface area (Å²) in [5.74, 6) is -3.26. The average Bonchev–Trinajstić information content (AvgIpc) is 3.82. The predicted octanol–water partition coefficient (Wildman–Crippen LogP) is 4.42. The highest BCUT2D eigenvalue weighted by atomic mass is 32.1. The molecule has 4 amide bonds. The van der Waals surface area contributed by atoms with Crippen molar-refractivity contribution in [2.75, 3.05) is 38.5 Å². The number of aromatic nitrogens is 4. The molecule has 5 rings (SSSR count). The van der Waals surface area contributed by atoms with Crippen molar-refractivity contribution in [1.82, 2.24) is 34.5 Å². The molecule has 1 saturated carbocycles. The maximum Gasteiger partial charge on any atom is 0.294 e. The first-order valence-corrected chi connectivity index (χ1v) is 18.0. The van der Waals surface area contributed by atoms with Crippen LogP contribution >= 0.6 is 11.5 Å². The van der Waals surface area contributed by atoms with Crippen LogP contribution in [0.15, 0.2) is 41.7 Å². The molecule has 15 heteroatoms. The smallest absolute Gasteiger partial charge is 0.294 e. The number of likely N-dealkylation sites (N-methyl/N-ethyl adjacent to an activating group) is 1. The number of nitrogens with one attached hydrogen (secondary N) is 2. The molecule has 2 aliphatic rings. The summed E-state index contributed by atoms with van der Waals surface area (Å²) >= 11 is 0.920. The number of piperazine rings is 1. The first kappa shape index (κ1) is 36.9. The molecule has 3 heterocycles. The number of hydrogen-bond donors (Lipinski definition) is 2. The highest BCUT2D eigenvalue weighted by Gasteiger charge is 2.35. The molecule has 0 spiro atoms. The fourth-order valence-corrected chi connectivity index (χ4v) is 7.00. The summed E-state index contributed by atoms with van der Waals surface area (Å²) in [6.45, 7) is 10.2. The summed E-state index contributed by atoms with van der Waals surface area (Å²) in [6, 6.07) is 4.98. The summed E-state index contributed by atoms with van der Waals surface area (Å²) < 4.78 is 21.1. The van der Waals surface area contributed by atoms with Gasteiger partial charge in [-0.05, 0) is 80.9 Å². The van der Waals surface area contributed by atoms with Gasteiger partial charge in [0.15, 0.2) is 0 Å². The number of rotatable bonds is 11. The minimum absolute atomic E-state index is 0.0283. The minimum atomic E-state index is -0.980. The van der Waals surface area contributed by atoms with Crippen LogP contribution < -0.4 is 10.6 Å². The zero-order valence-corrected chi connectivity index (χ0v) is 30.0. The van der Waals surface area contributed by atoms with E-state index in [4.69, 9.17) is 0 Å². The molecular formula is C35H46FN9O4S. The third kappa shape index (κ3) is 8.85. The number of carbonyl (C=O) groups is 4. The van der Waals surface area contributed by atoms with Crippen molar-refractivity contribution in [3.05, 3.63) is 58.6 Å². The highest BCUT2D eigenvalue weighted by Crippen LogP contribution is 2.34. The molecule has 2 N–H and O–H groups in total. The quantitative estimate of drug-likeness (QED) is 0.278. The Balaban J connectivity index is 1.34. The second kappa shape index (κ2) is 16.6. The van der Waals surface area contributed by atoms with E-state index in [2.05, 4.69) is 42.1 Å². The first-order valence-electron chi connectivity index (χ1n) is 17.2. The highest BCUT2D eigenvalue weighted by molar-refractivity contribution is 7.07. The van der Waals surface area contributed by atoms with Gasteiger partial charge in [-0.25, -0.2) is 9.38 Å². The van der Waals surface area contributed by atoms with Gasteiger partial charge in [0.25, 0.3) is 11.8 Å². The van der Waals surface area contributed by atoms with Crippen molar-refractivity contribution in [3.8, 4) is 0 Å². The van der Waals surface area contributed by atoms with E-state index in [0.29, 0.717) is 43.4 Å². The molecule has 1 saturated heterocycles. The van der Waals surface area contributed by atoms with Gasteiger partial charge in [-0.1, -0.05) is 37.2 Å². The molecule has 50 heavy (non-hydrogen) atoms. The maximum atomic E-state index is 15.8. The monoisotopic (exact) mass is 707 g/mol. The van der Waals surface area contributed by atoms with Crippen molar-refractivity contribution >= 4 is 47.1 Å². The summed E-state index contributed by atoms with van der Waals surface area (Å²) in [5, 5.41) is 13.5. The van der Waals surface area contributed by atoms with Crippen LogP contribution in [-0.4, -0.2) is 98.3 Å². The van der Waals surface area contributed by atoms with E-state index >= 15 is 4.39 Å². The van der Waals surface area contributed by atoms with Gasteiger partial charge in [0.1, 0.15) is 22.4 Å². The van der Waals surface area contributed by atoms with E-state index < -0.39 is 41.4 Å². The fourth-order valence-electron chi connectivity index (χ4n) is 6.59.